The Morgan fingerprint density at radius 1 is 1.22 bits per heavy atom. The van der Waals surface area contributed by atoms with Crippen molar-refractivity contribution in [3.63, 3.8) is 0 Å². The highest BCUT2D eigenvalue weighted by Gasteiger charge is 2.19. The predicted octanol–water partition coefficient (Wildman–Crippen LogP) is 2.53. The molecule has 1 aliphatic rings. The first kappa shape index (κ1) is 13.1. The van der Waals surface area contributed by atoms with Crippen LogP contribution in [0.5, 0.6) is 11.5 Å². The van der Waals surface area contributed by atoms with Gasteiger partial charge < -0.3 is 14.8 Å². The molecule has 3 nitrogen and oxygen atoms in total. The Labute approximate surface area is 107 Å². The molecule has 1 unspecified atom stereocenters. The molecule has 100 valence electrons. The van der Waals surface area contributed by atoms with E-state index in [0.717, 1.165) is 24.9 Å². The van der Waals surface area contributed by atoms with E-state index in [2.05, 4.69) is 5.32 Å². The number of methoxy groups -OCH3 is 2. The summed E-state index contributed by atoms with van der Waals surface area (Å²) in [5.74, 6) is 0.338. The summed E-state index contributed by atoms with van der Waals surface area (Å²) in [5, 5.41) is 3.48. The molecule has 0 aliphatic carbocycles. The lowest BCUT2D eigenvalue weighted by atomic mass is 9.97. The smallest absolute Gasteiger partial charge is 0.197 e. The first-order chi connectivity index (χ1) is 8.76. The molecule has 1 aromatic carbocycles. The molecule has 1 atom stereocenters. The van der Waals surface area contributed by atoms with Crippen LogP contribution < -0.4 is 14.8 Å². The lowest BCUT2D eigenvalue weighted by molar-refractivity contribution is 0.330. The molecular weight excluding hydrogens is 233 g/mol. The average molecular weight is 253 g/mol. The van der Waals surface area contributed by atoms with Gasteiger partial charge in [0.1, 0.15) is 0 Å². The molecule has 0 bridgehead atoms. The SMILES string of the molecule is COc1c(F)ccc(CC2CCCCN2)c1OC. The molecule has 4 heteroatoms. The maximum absolute atomic E-state index is 13.6. The fraction of sp³-hybridized carbons (Fsp3) is 0.571. The van der Waals surface area contributed by atoms with E-state index in [1.807, 2.05) is 0 Å². The second kappa shape index (κ2) is 6.05. The van der Waals surface area contributed by atoms with Crippen LogP contribution in [-0.4, -0.2) is 26.8 Å². The van der Waals surface area contributed by atoms with Gasteiger partial charge in [-0.15, -0.1) is 0 Å². The van der Waals surface area contributed by atoms with Gasteiger partial charge in [-0.05, 0) is 37.4 Å². The van der Waals surface area contributed by atoms with Gasteiger partial charge in [0, 0.05) is 6.04 Å². The van der Waals surface area contributed by atoms with E-state index in [0.29, 0.717) is 11.8 Å². The number of piperidine rings is 1. The molecule has 1 saturated heterocycles. The Bertz CT molecular complexity index is 403. The van der Waals surface area contributed by atoms with Gasteiger partial charge in [0.05, 0.1) is 14.2 Å². The highest BCUT2D eigenvalue weighted by atomic mass is 19.1. The minimum Gasteiger partial charge on any atom is -0.492 e. The molecule has 0 amide bonds. The molecule has 1 aromatic rings. The quantitative estimate of drug-likeness (QED) is 0.894. The van der Waals surface area contributed by atoms with Crippen LogP contribution >= 0.6 is 0 Å². The summed E-state index contributed by atoms with van der Waals surface area (Å²) >= 11 is 0. The Morgan fingerprint density at radius 3 is 2.61 bits per heavy atom. The summed E-state index contributed by atoms with van der Waals surface area (Å²) < 4.78 is 23.9. The van der Waals surface area contributed by atoms with Crippen LogP contribution in [0, 0.1) is 5.82 Å². The molecule has 2 rings (SSSR count). The van der Waals surface area contributed by atoms with Crippen molar-refractivity contribution in [1.29, 1.82) is 0 Å². The number of rotatable bonds is 4. The Hall–Kier alpha value is -1.29. The molecule has 1 fully saturated rings. The molecule has 18 heavy (non-hydrogen) atoms. The maximum Gasteiger partial charge on any atom is 0.197 e. The third-order valence-electron chi connectivity index (χ3n) is 3.43. The van der Waals surface area contributed by atoms with Gasteiger partial charge in [-0.25, -0.2) is 4.39 Å². The standard InChI is InChI=1S/C14H20FNO2/c1-17-13-10(6-7-12(15)14(13)18-2)9-11-5-3-4-8-16-11/h6-7,11,16H,3-5,8-9H2,1-2H3. The summed E-state index contributed by atoms with van der Waals surface area (Å²) in [5.41, 5.74) is 0.996. The van der Waals surface area contributed by atoms with E-state index in [9.17, 15) is 4.39 Å². The van der Waals surface area contributed by atoms with Crippen molar-refractivity contribution >= 4 is 0 Å². The highest BCUT2D eigenvalue weighted by molar-refractivity contribution is 5.48. The summed E-state index contributed by atoms with van der Waals surface area (Å²) in [6.07, 6.45) is 4.49. The van der Waals surface area contributed by atoms with Crippen LogP contribution in [0.15, 0.2) is 12.1 Å². The van der Waals surface area contributed by atoms with Crippen molar-refractivity contribution in [2.75, 3.05) is 20.8 Å². The zero-order valence-electron chi connectivity index (χ0n) is 11.0. The van der Waals surface area contributed by atoms with E-state index < -0.39 is 0 Å². The van der Waals surface area contributed by atoms with Crippen molar-refractivity contribution in [1.82, 2.24) is 5.32 Å². The number of hydrogen-bond acceptors (Lipinski definition) is 3. The zero-order chi connectivity index (χ0) is 13.0. The predicted molar refractivity (Wildman–Crippen MR) is 68.8 cm³/mol. The Morgan fingerprint density at radius 2 is 2.00 bits per heavy atom. The van der Waals surface area contributed by atoms with Gasteiger partial charge in [0.25, 0.3) is 0 Å². The van der Waals surface area contributed by atoms with Crippen LogP contribution in [-0.2, 0) is 6.42 Å². The minimum absolute atomic E-state index is 0.200. The molecule has 0 saturated carbocycles. The zero-order valence-corrected chi connectivity index (χ0v) is 11.0. The average Bonchev–Trinajstić information content (AvgIpc) is 2.41. The fourth-order valence-electron chi connectivity index (χ4n) is 2.52. The minimum atomic E-state index is -0.380. The van der Waals surface area contributed by atoms with Gasteiger partial charge in [-0.1, -0.05) is 12.5 Å². The van der Waals surface area contributed by atoms with Crippen molar-refractivity contribution in [3.05, 3.63) is 23.5 Å². The van der Waals surface area contributed by atoms with Crippen molar-refractivity contribution in [2.24, 2.45) is 0 Å². The summed E-state index contributed by atoms with van der Waals surface area (Å²) in [6.45, 7) is 1.06. The van der Waals surface area contributed by atoms with Crippen LogP contribution in [0.4, 0.5) is 4.39 Å². The lowest BCUT2D eigenvalue weighted by Gasteiger charge is -2.24. The topological polar surface area (TPSA) is 30.5 Å². The molecule has 0 radical (unpaired) electrons. The van der Waals surface area contributed by atoms with Gasteiger partial charge >= 0.3 is 0 Å². The maximum atomic E-state index is 13.6. The van der Waals surface area contributed by atoms with Gasteiger partial charge in [0.2, 0.25) is 0 Å². The first-order valence-corrected chi connectivity index (χ1v) is 6.39. The van der Waals surface area contributed by atoms with Crippen molar-refractivity contribution in [2.45, 2.75) is 31.7 Å². The Kier molecular flexibility index (Phi) is 4.42. The van der Waals surface area contributed by atoms with Crippen molar-refractivity contribution < 1.29 is 13.9 Å². The summed E-state index contributed by atoms with van der Waals surface area (Å²) in [6, 6.07) is 3.68. The van der Waals surface area contributed by atoms with E-state index in [1.165, 1.54) is 26.0 Å². The normalized spacial score (nSPS) is 19.6. The summed E-state index contributed by atoms with van der Waals surface area (Å²) in [7, 11) is 3.01. The molecule has 1 heterocycles. The number of benzene rings is 1. The first-order valence-electron chi connectivity index (χ1n) is 6.39. The van der Waals surface area contributed by atoms with E-state index in [-0.39, 0.29) is 11.6 Å². The van der Waals surface area contributed by atoms with Crippen LogP contribution in [0.3, 0.4) is 0 Å². The van der Waals surface area contributed by atoms with E-state index in [1.54, 1.807) is 13.2 Å². The van der Waals surface area contributed by atoms with Gasteiger partial charge in [0.15, 0.2) is 17.3 Å². The number of ether oxygens (including phenoxy) is 2. The number of hydrogen-bond donors (Lipinski definition) is 1. The van der Waals surface area contributed by atoms with Crippen LogP contribution in [0.1, 0.15) is 24.8 Å². The lowest BCUT2D eigenvalue weighted by Crippen LogP contribution is -2.35. The molecule has 0 spiro atoms. The second-order valence-corrected chi connectivity index (χ2v) is 4.62. The van der Waals surface area contributed by atoms with Gasteiger partial charge in [-0.2, -0.15) is 0 Å². The summed E-state index contributed by atoms with van der Waals surface area (Å²) in [4.78, 5) is 0. The van der Waals surface area contributed by atoms with Crippen molar-refractivity contribution in [3.8, 4) is 11.5 Å². The number of halogens is 1. The largest absolute Gasteiger partial charge is 0.492 e. The third-order valence-corrected chi connectivity index (χ3v) is 3.43. The second-order valence-electron chi connectivity index (χ2n) is 4.62. The van der Waals surface area contributed by atoms with Gasteiger partial charge in [-0.3, -0.25) is 0 Å². The van der Waals surface area contributed by atoms with E-state index >= 15 is 0 Å². The fourth-order valence-corrected chi connectivity index (χ4v) is 2.52. The number of nitrogens with one attached hydrogen (secondary N) is 1. The monoisotopic (exact) mass is 253 g/mol. The van der Waals surface area contributed by atoms with Crippen LogP contribution in [0.2, 0.25) is 0 Å². The van der Waals surface area contributed by atoms with Crippen LogP contribution in [0.25, 0.3) is 0 Å². The van der Waals surface area contributed by atoms with E-state index in [4.69, 9.17) is 9.47 Å². The Balaban J connectivity index is 2.21. The third kappa shape index (κ3) is 2.75. The highest BCUT2D eigenvalue weighted by Crippen LogP contribution is 2.34. The molecular formula is C14H20FNO2. The molecule has 0 aromatic heterocycles. The molecule has 1 aliphatic heterocycles. The molecule has 1 N–H and O–H groups in total.